The zero-order valence-corrected chi connectivity index (χ0v) is 5.33. The van der Waals surface area contributed by atoms with E-state index in [1.54, 1.807) is 6.92 Å². The zero-order chi connectivity index (χ0) is 7.28. The maximum Gasteiger partial charge on any atom is 0.338 e. The van der Waals surface area contributed by atoms with E-state index in [-0.39, 0.29) is 6.61 Å². The fourth-order valence-corrected chi connectivity index (χ4v) is 0.324. The van der Waals surface area contributed by atoms with Crippen molar-refractivity contribution in [3.8, 4) is 0 Å². The van der Waals surface area contributed by atoms with Crippen LogP contribution in [0.3, 0.4) is 0 Å². The molecule has 0 unspecified atom stereocenters. The van der Waals surface area contributed by atoms with Crippen LogP contribution in [0.1, 0.15) is 6.92 Å². The van der Waals surface area contributed by atoms with Crippen LogP contribution in [0.25, 0.3) is 0 Å². The Hall–Kier alpha value is -0.830. The maximum absolute atomic E-state index is 10.4. The van der Waals surface area contributed by atoms with Gasteiger partial charge < -0.3 is 9.84 Å². The van der Waals surface area contributed by atoms with Crippen LogP contribution in [0.2, 0.25) is 0 Å². The fraction of sp³-hybridized carbons (Fsp3) is 0.500. The molecule has 3 nitrogen and oxygen atoms in total. The molecule has 0 spiro atoms. The molecule has 0 aliphatic heterocycles. The number of carbonyl (C=O) groups excluding carboxylic acids is 1. The summed E-state index contributed by atoms with van der Waals surface area (Å²) in [7, 11) is 0. The van der Waals surface area contributed by atoms with Crippen LogP contribution in [-0.4, -0.2) is 23.8 Å². The van der Waals surface area contributed by atoms with Crippen molar-refractivity contribution in [2.24, 2.45) is 0 Å². The van der Waals surface area contributed by atoms with E-state index in [0.717, 1.165) is 6.08 Å². The maximum atomic E-state index is 10.4. The molecule has 3 heteroatoms. The normalized spacial score (nSPS) is 12.2. The van der Waals surface area contributed by atoms with Gasteiger partial charge in [-0.2, -0.15) is 0 Å². The quantitative estimate of drug-likeness (QED) is 0.435. The summed E-state index contributed by atoms with van der Waals surface area (Å²) in [6.07, 6.45) is -0.0530. The van der Waals surface area contributed by atoms with Gasteiger partial charge in [0.15, 0.2) is 6.10 Å². The number of ether oxygens (including phenoxy) is 1. The SMILES string of the molecule is C=C[C@@H](O)C(=O)OCC. The lowest BCUT2D eigenvalue weighted by molar-refractivity contribution is -0.150. The molecule has 0 amide bonds. The van der Waals surface area contributed by atoms with E-state index in [4.69, 9.17) is 5.11 Å². The van der Waals surface area contributed by atoms with Crippen LogP contribution in [-0.2, 0) is 9.53 Å². The van der Waals surface area contributed by atoms with Crippen molar-refractivity contribution in [3.05, 3.63) is 12.7 Å². The third-order valence-electron chi connectivity index (χ3n) is 0.751. The first-order valence-electron chi connectivity index (χ1n) is 2.69. The second kappa shape index (κ2) is 4.09. The van der Waals surface area contributed by atoms with Gasteiger partial charge in [-0.05, 0) is 6.92 Å². The molecule has 0 aliphatic carbocycles. The first kappa shape index (κ1) is 8.17. The van der Waals surface area contributed by atoms with Crippen molar-refractivity contribution in [1.82, 2.24) is 0 Å². The second-order valence-corrected chi connectivity index (χ2v) is 1.43. The molecule has 0 aromatic carbocycles. The minimum Gasteiger partial charge on any atom is -0.464 e. The number of esters is 1. The molecule has 1 N–H and O–H groups in total. The Labute approximate surface area is 53.9 Å². The van der Waals surface area contributed by atoms with Gasteiger partial charge in [0, 0.05) is 0 Å². The van der Waals surface area contributed by atoms with Crippen LogP contribution >= 0.6 is 0 Å². The lowest BCUT2D eigenvalue weighted by Crippen LogP contribution is -2.19. The summed E-state index contributed by atoms with van der Waals surface area (Å²) in [6.45, 7) is 5.17. The molecular formula is C6H10O3. The summed E-state index contributed by atoms with van der Waals surface area (Å²) in [5.74, 6) is -0.646. The van der Waals surface area contributed by atoms with Crippen molar-refractivity contribution in [3.63, 3.8) is 0 Å². The Kier molecular flexibility index (Phi) is 3.71. The van der Waals surface area contributed by atoms with Gasteiger partial charge in [0.1, 0.15) is 0 Å². The monoisotopic (exact) mass is 130 g/mol. The summed E-state index contributed by atoms with van der Waals surface area (Å²) < 4.78 is 4.43. The van der Waals surface area contributed by atoms with Crippen LogP contribution < -0.4 is 0 Å². The Morgan fingerprint density at radius 1 is 2.00 bits per heavy atom. The van der Waals surface area contributed by atoms with E-state index in [1.807, 2.05) is 0 Å². The Morgan fingerprint density at radius 2 is 2.56 bits per heavy atom. The number of hydrogen-bond donors (Lipinski definition) is 1. The van der Waals surface area contributed by atoms with Gasteiger partial charge in [-0.15, -0.1) is 0 Å². The van der Waals surface area contributed by atoms with Crippen molar-refractivity contribution >= 4 is 5.97 Å². The number of hydrogen-bond acceptors (Lipinski definition) is 3. The standard InChI is InChI=1S/C6H10O3/c1-3-5(7)6(8)9-4-2/h3,5,7H,1,4H2,2H3/t5-/m1/s1. The van der Waals surface area contributed by atoms with Crippen molar-refractivity contribution in [1.29, 1.82) is 0 Å². The van der Waals surface area contributed by atoms with Gasteiger partial charge in [0.05, 0.1) is 6.61 Å². The predicted molar refractivity (Wildman–Crippen MR) is 32.8 cm³/mol. The minimum absolute atomic E-state index is 0.281. The van der Waals surface area contributed by atoms with E-state index in [1.165, 1.54) is 0 Å². The van der Waals surface area contributed by atoms with Gasteiger partial charge in [-0.1, -0.05) is 12.7 Å². The molecule has 0 saturated heterocycles. The minimum atomic E-state index is -1.18. The Bertz CT molecular complexity index is 109. The molecule has 9 heavy (non-hydrogen) atoms. The Balaban J connectivity index is 3.58. The molecular weight excluding hydrogens is 120 g/mol. The molecule has 0 bridgehead atoms. The Morgan fingerprint density at radius 3 is 2.89 bits per heavy atom. The average molecular weight is 130 g/mol. The van der Waals surface area contributed by atoms with Gasteiger partial charge in [-0.25, -0.2) is 4.79 Å². The highest BCUT2D eigenvalue weighted by Crippen LogP contribution is 1.87. The summed E-state index contributed by atoms with van der Waals surface area (Å²) in [4.78, 5) is 10.4. The van der Waals surface area contributed by atoms with Crippen LogP contribution in [0.4, 0.5) is 0 Å². The van der Waals surface area contributed by atoms with E-state index >= 15 is 0 Å². The van der Waals surface area contributed by atoms with E-state index in [0.29, 0.717) is 0 Å². The molecule has 1 atom stereocenters. The number of aliphatic hydroxyl groups is 1. The molecule has 0 fully saturated rings. The van der Waals surface area contributed by atoms with Gasteiger partial charge in [0.25, 0.3) is 0 Å². The van der Waals surface area contributed by atoms with Crippen molar-refractivity contribution < 1.29 is 14.6 Å². The number of rotatable bonds is 3. The second-order valence-electron chi connectivity index (χ2n) is 1.43. The summed E-state index contributed by atoms with van der Waals surface area (Å²) >= 11 is 0. The molecule has 0 heterocycles. The molecule has 0 saturated carbocycles. The van der Waals surface area contributed by atoms with E-state index in [2.05, 4.69) is 11.3 Å². The molecule has 0 aliphatic rings. The third-order valence-corrected chi connectivity index (χ3v) is 0.751. The van der Waals surface area contributed by atoms with Crippen LogP contribution in [0, 0.1) is 0 Å². The zero-order valence-electron chi connectivity index (χ0n) is 5.33. The number of aliphatic hydroxyl groups excluding tert-OH is 1. The fourth-order valence-electron chi connectivity index (χ4n) is 0.324. The van der Waals surface area contributed by atoms with Crippen LogP contribution in [0.5, 0.6) is 0 Å². The predicted octanol–water partition coefficient (Wildman–Crippen LogP) is 0.0964. The number of carbonyl (C=O) groups is 1. The first-order valence-corrected chi connectivity index (χ1v) is 2.69. The third kappa shape index (κ3) is 2.87. The van der Waals surface area contributed by atoms with Crippen molar-refractivity contribution in [2.45, 2.75) is 13.0 Å². The van der Waals surface area contributed by atoms with E-state index < -0.39 is 12.1 Å². The topological polar surface area (TPSA) is 46.5 Å². The van der Waals surface area contributed by atoms with Gasteiger partial charge >= 0.3 is 5.97 Å². The summed E-state index contributed by atoms with van der Waals surface area (Å²) in [6, 6.07) is 0. The summed E-state index contributed by atoms with van der Waals surface area (Å²) in [5, 5.41) is 8.66. The summed E-state index contributed by atoms with van der Waals surface area (Å²) in [5.41, 5.74) is 0. The van der Waals surface area contributed by atoms with Crippen molar-refractivity contribution in [2.75, 3.05) is 6.61 Å². The van der Waals surface area contributed by atoms with Crippen LogP contribution in [0.15, 0.2) is 12.7 Å². The first-order chi connectivity index (χ1) is 4.22. The lowest BCUT2D eigenvalue weighted by Gasteiger charge is -2.02. The molecule has 0 radical (unpaired) electrons. The highest BCUT2D eigenvalue weighted by atomic mass is 16.5. The highest BCUT2D eigenvalue weighted by Gasteiger charge is 2.09. The highest BCUT2D eigenvalue weighted by molar-refractivity contribution is 5.76. The smallest absolute Gasteiger partial charge is 0.338 e. The van der Waals surface area contributed by atoms with E-state index in [9.17, 15) is 4.79 Å². The molecule has 52 valence electrons. The largest absolute Gasteiger partial charge is 0.464 e. The molecule has 0 aromatic rings. The lowest BCUT2D eigenvalue weighted by atomic mass is 10.4. The van der Waals surface area contributed by atoms with Gasteiger partial charge in [0.2, 0.25) is 0 Å². The van der Waals surface area contributed by atoms with Gasteiger partial charge in [-0.3, -0.25) is 0 Å². The molecule has 0 aromatic heterocycles. The average Bonchev–Trinajstić information content (AvgIpc) is 1.87. The molecule has 0 rings (SSSR count).